The molecular weight excluding hydrogens is 365 g/mol. The van der Waals surface area contributed by atoms with E-state index in [9.17, 15) is 4.57 Å². The molecule has 0 aliphatic carbocycles. The molecule has 25 heavy (non-hydrogen) atoms. The van der Waals surface area contributed by atoms with Gasteiger partial charge in [-0.05, 0) is 20.3 Å². The number of nitrogen functional groups attached to an aromatic ring is 1. The van der Waals surface area contributed by atoms with Crippen molar-refractivity contribution in [1.29, 1.82) is 0 Å². The molecule has 136 valence electrons. The zero-order valence-electron chi connectivity index (χ0n) is 14.2. The van der Waals surface area contributed by atoms with E-state index >= 15 is 0 Å². The smallest absolute Gasteiger partial charge is 0.354 e. The van der Waals surface area contributed by atoms with Crippen molar-refractivity contribution in [1.82, 2.24) is 19.5 Å². The molecule has 2 aromatic heterocycles. The molecule has 0 saturated heterocycles. The summed E-state index contributed by atoms with van der Waals surface area (Å²) in [4.78, 5) is 12.2. The number of allylic oxidation sites excluding steroid dienone is 2. The lowest BCUT2D eigenvalue weighted by atomic mass is 10.2. The second-order valence-corrected chi connectivity index (χ2v) is 7.33. The summed E-state index contributed by atoms with van der Waals surface area (Å²) in [6.45, 7) is 8.64. The topological polar surface area (TPSA) is 105 Å². The summed E-state index contributed by atoms with van der Waals surface area (Å²) in [5, 5.41) is 0.217. The Hall–Kier alpha value is -1.73. The molecule has 0 radical (unpaired) electrons. The Bertz CT molecular complexity index is 826. The predicted molar refractivity (Wildman–Crippen MR) is 98.5 cm³/mol. The number of nitrogens with two attached hydrogens (primary N) is 1. The Morgan fingerprint density at radius 1 is 1.40 bits per heavy atom. The van der Waals surface area contributed by atoms with Gasteiger partial charge in [0.1, 0.15) is 5.52 Å². The largest absolute Gasteiger partial charge is 0.368 e. The van der Waals surface area contributed by atoms with E-state index in [-0.39, 0.29) is 11.1 Å². The zero-order chi connectivity index (χ0) is 18.4. The maximum Gasteiger partial charge on any atom is 0.354 e. The van der Waals surface area contributed by atoms with Crippen LogP contribution in [-0.2, 0) is 20.2 Å². The van der Waals surface area contributed by atoms with Crippen LogP contribution in [0, 0.1) is 0 Å². The van der Waals surface area contributed by atoms with Crippen molar-refractivity contribution in [2.24, 2.45) is 0 Å². The first kappa shape index (κ1) is 19.6. The molecule has 0 saturated carbocycles. The highest BCUT2D eigenvalue weighted by Crippen LogP contribution is 2.49. The number of fused-ring (bicyclic) bond motifs is 1. The van der Waals surface area contributed by atoms with E-state index < -0.39 is 7.60 Å². The highest BCUT2D eigenvalue weighted by molar-refractivity contribution is 7.57. The molecule has 0 aliphatic heterocycles. The van der Waals surface area contributed by atoms with Gasteiger partial charge in [-0.15, -0.1) is 0 Å². The number of halogens is 1. The fourth-order valence-corrected chi connectivity index (χ4v) is 3.70. The molecule has 0 spiro atoms. The molecule has 0 amide bonds. The van der Waals surface area contributed by atoms with Crippen molar-refractivity contribution in [3.05, 3.63) is 35.5 Å². The number of aryl methyl sites for hydroxylation is 1. The van der Waals surface area contributed by atoms with Crippen LogP contribution in [0.4, 0.5) is 5.95 Å². The van der Waals surface area contributed by atoms with Crippen LogP contribution in [0.2, 0.25) is 5.15 Å². The van der Waals surface area contributed by atoms with Gasteiger partial charge < -0.3 is 19.3 Å². The van der Waals surface area contributed by atoms with Crippen molar-refractivity contribution in [2.75, 3.05) is 18.9 Å². The summed E-state index contributed by atoms with van der Waals surface area (Å²) in [6, 6.07) is 0. The van der Waals surface area contributed by atoms with E-state index in [0.29, 0.717) is 37.3 Å². The summed E-state index contributed by atoms with van der Waals surface area (Å²) >= 11 is 6.00. The molecule has 10 heteroatoms. The second kappa shape index (κ2) is 8.58. The maximum atomic E-state index is 12.4. The lowest BCUT2D eigenvalue weighted by Crippen LogP contribution is -2.01. The molecule has 2 heterocycles. The molecule has 2 rings (SSSR count). The van der Waals surface area contributed by atoms with E-state index in [1.165, 1.54) is 5.82 Å². The summed E-state index contributed by atoms with van der Waals surface area (Å²) in [6.07, 6.45) is 3.86. The summed E-state index contributed by atoms with van der Waals surface area (Å²) < 4.78 is 24.6. The number of anilines is 1. The van der Waals surface area contributed by atoms with E-state index in [1.807, 2.05) is 4.57 Å². The van der Waals surface area contributed by atoms with E-state index in [4.69, 9.17) is 26.4 Å². The van der Waals surface area contributed by atoms with Crippen molar-refractivity contribution >= 4 is 36.3 Å². The Morgan fingerprint density at radius 2 is 2.08 bits per heavy atom. The number of rotatable bonds is 9. The molecule has 8 nitrogen and oxygen atoms in total. The lowest BCUT2D eigenvalue weighted by Gasteiger charge is -2.12. The minimum absolute atomic E-state index is 0.0901. The SMILES string of the molecule is C=C(C=CP(=O)(OCC)OCC)CCn1cnc2c(Cl)nc(N)nc21. The van der Waals surface area contributed by atoms with Gasteiger partial charge in [0.05, 0.1) is 19.5 Å². The summed E-state index contributed by atoms with van der Waals surface area (Å²) in [5.74, 6) is 1.53. The molecular formula is C15H21ClN5O3P. The van der Waals surface area contributed by atoms with Crippen LogP contribution in [0.1, 0.15) is 20.3 Å². The van der Waals surface area contributed by atoms with Crippen LogP contribution in [0.3, 0.4) is 0 Å². The monoisotopic (exact) mass is 385 g/mol. The van der Waals surface area contributed by atoms with Crippen LogP contribution >= 0.6 is 19.2 Å². The van der Waals surface area contributed by atoms with Gasteiger partial charge >= 0.3 is 7.60 Å². The average Bonchev–Trinajstić information content (AvgIpc) is 2.95. The zero-order valence-corrected chi connectivity index (χ0v) is 15.8. The van der Waals surface area contributed by atoms with Crippen molar-refractivity contribution in [3.63, 3.8) is 0 Å². The van der Waals surface area contributed by atoms with Crippen molar-refractivity contribution in [3.8, 4) is 0 Å². The molecule has 0 bridgehead atoms. The van der Waals surface area contributed by atoms with Gasteiger partial charge in [0.15, 0.2) is 10.8 Å². The number of nitrogens with zero attached hydrogens (tertiary/aromatic N) is 4. The van der Waals surface area contributed by atoms with Gasteiger partial charge in [-0.1, -0.05) is 29.8 Å². The van der Waals surface area contributed by atoms with E-state index in [0.717, 1.165) is 5.57 Å². The Kier molecular flexibility index (Phi) is 6.72. The third-order valence-electron chi connectivity index (χ3n) is 3.22. The van der Waals surface area contributed by atoms with Crippen LogP contribution in [0.5, 0.6) is 0 Å². The van der Waals surface area contributed by atoms with E-state index in [1.54, 1.807) is 26.3 Å². The highest BCUT2D eigenvalue weighted by atomic mass is 35.5. The van der Waals surface area contributed by atoms with Crippen LogP contribution < -0.4 is 5.73 Å². The predicted octanol–water partition coefficient (Wildman–Crippen LogP) is 3.79. The van der Waals surface area contributed by atoms with Gasteiger partial charge in [-0.3, -0.25) is 4.57 Å². The normalized spacial score (nSPS) is 12.3. The molecule has 0 atom stereocenters. The minimum Gasteiger partial charge on any atom is -0.368 e. The first-order chi connectivity index (χ1) is 11.9. The van der Waals surface area contributed by atoms with Gasteiger partial charge in [-0.25, -0.2) is 4.98 Å². The van der Waals surface area contributed by atoms with Gasteiger partial charge in [0.25, 0.3) is 0 Å². The van der Waals surface area contributed by atoms with Crippen molar-refractivity contribution in [2.45, 2.75) is 26.8 Å². The fraction of sp³-hybridized carbons (Fsp3) is 0.400. The van der Waals surface area contributed by atoms with Gasteiger partial charge in [-0.2, -0.15) is 9.97 Å². The summed E-state index contributed by atoms with van der Waals surface area (Å²) in [7, 11) is -3.22. The number of hydrogen-bond donors (Lipinski definition) is 1. The first-order valence-corrected chi connectivity index (χ1v) is 9.77. The molecule has 0 aromatic carbocycles. The van der Waals surface area contributed by atoms with Crippen LogP contribution in [0.15, 0.2) is 30.4 Å². The molecule has 2 N–H and O–H groups in total. The fourth-order valence-electron chi connectivity index (χ4n) is 2.12. The molecule has 0 unspecified atom stereocenters. The van der Waals surface area contributed by atoms with Crippen LogP contribution in [0.25, 0.3) is 11.2 Å². The average molecular weight is 386 g/mol. The molecule has 0 fully saturated rings. The van der Waals surface area contributed by atoms with E-state index in [2.05, 4.69) is 21.5 Å². The maximum absolute atomic E-state index is 12.4. The van der Waals surface area contributed by atoms with Crippen LogP contribution in [-0.4, -0.2) is 32.7 Å². The molecule has 2 aromatic rings. The first-order valence-electron chi connectivity index (χ1n) is 7.78. The Morgan fingerprint density at radius 3 is 2.72 bits per heavy atom. The highest BCUT2D eigenvalue weighted by Gasteiger charge is 2.18. The third kappa shape index (κ3) is 5.12. The number of hydrogen-bond acceptors (Lipinski definition) is 7. The third-order valence-corrected chi connectivity index (χ3v) is 5.24. The molecule has 0 aliphatic rings. The van der Waals surface area contributed by atoms with Gasteiger partial charge in [0.2, 0.25) is 5.95 Å². The number of aromatic nitrogens is 4. The quantitative estimate of drug-likeness (QED) is 0.397. The Labute approximate surface area is 151 Å². The standard InChI is InChI=1S/C15H21ClN5O3P/c1-4-23-25(22,24-5-2)9-7-11(3)6-8-21-10-18-12-13(16)19-15(17)20-14(12)21/h7,9-10H,3-6,8H2,1-2H3,(H2,17,19,20). The van der Waals surface area contributed by atoms with Gasteiger partial charge in [0, 0.05) is 12.4 Å². The Balaban J connectivity index is 2.05. The number of imidazole rings is 1. The minimum atomic E-state index is -3.22. The second-order valence-electron chi connectivity index (χ2n) is 5.08. The van der Waals surface area contributed by atoms with Crippen molar-refractivity contribution < 1.29 is 13.6 Å². The summed E-state index contributed by atoms with van der Waals surface area (Å²) in [5.41, 5.74) is 7.44. The lowest BCUT2D eigenvalue weighted by molar-refractivity contribution is 0.229.